The van der Waals surface area contributed by atoms with Crippen LogP contribution in [0.1, 0.15) is 32.8 Å². The molecule has 7 heteroatoms. The van der Waals surface area contributed by atoms with Gasteiger partial charge >= 0.3 is 6.61 Å². The van der Waals surface area contributed by atoms with Crippen molar-refractivity contribution < 1.29 is 13.5 Å². The Morgan fingerprint density at radius 2 is 1.96 bits per heavy atom. The minimum Gasteiger partial charge on any atom is -0.434 e. The van der Waals surface area contributed by atoms with Crippen LogP contribution in [0, 0.1) is 0 Å². The summed E-state index contributed by atoms with van der Waals surface area (Å²) < 4.78 is 29.5. The average Bonchev–Trinajstić information content (AvgIpc) is 2.59. The van der Waals surface area contributed by atoms with Crippen molar-refractivity contribution in [3.8, 4) is 5.75 Å². The lowest BCUT2D eigenvalue weighted by molar-refractivity contribution is -0.0504. The van der Waals surface area contributed by atoms with Crippen molar-refractivity contribution >= 4 is 5.96 Å². The van der Waals surface area contributed by atoms with Gasteiger partial charge in [0.2, 0.25) is 0 Å². The Labute approximate surface area is 149 Å². The highest BCUT2D eigenvalue weighted by molar-refractivity contribution is 5.79. The second-order valence-corrected chi connectivity index (χ2v) is 5.85. The summed E-state index contributed by atoms with van der Waals surface area (Å²) in [5, 5.41) is 6.43. The van der Waals surface area contributed by atoms with Gasteiger partial charge < -0.3 is 20.3 Å². The molecule has 0 saturated carbocycles. The van der Waals surface area contributed by atoms with Crippen LogP contribution in [-0.2, 0) is 6.54 Å². The van der Waals surface area contributed by atoms with Crippen LogP contribution in [-0.4, -0.2) is 50.2 Å². The topological polar surface area (TPSA) is 48.9 Å². The molecular formula is C18H30F2N4O. The molecule has 0 saturated heterocycles. The van der Waals surface area contributed by atoms with Crippen molar-refractivity contribution in [2.75, 3.05) is 26.7 Å². The van der Waals surface area contributed by atoms with Gasteiger partial charge in [0, 0.05) is 31.2 Å². The third-order valence-electron chi connectivity index (χ3n) is 4.04. The molecule has 0 radical (unpaired) electrons. The Balaban J connectivity index is 2.64. The number of benzene rings is 1. The van der Waals surface area contributed by atoms with Crippen molar-refractivity contribution in [2.45, 2.75) is 46.4 Å². The molecule has 1 aromatic rings. The molecule has 0 aromatic heterocycles. The normalized spacial score (nSPS) is 13.2. The Kier molecular flexibility index (Phi) is 9.84. The number of nitrogens with one attached hydrogen (secondary N) is 2. The first-order valence-corrected chi connectivity index (χ1v) is 8.73. The summed E-state index contributed by atoms with van der Waals surface area (Å²) in [5.74, 6) is 0.820. The number of hydrogen-bond acceptors (Lipinski definition) is 3. The number of halogens is 2. The Hall–Kier alpha value is -1.89. The molecule has 0 amide bonds. The Morgan fingerprint density at radius 3 is 2.60 bits per heavy atom. The highest BCUT2D eigenvalue weighted by atomic mass is 19.3. The standard InChI is InChI=1S/C18H30F2N4O/c1-5-14(3)24(4)12-11-22-18(21-6-2)23-13-15-9-7-8-10-16(15)25-17(19)20/h7-10,14,17H,5-6,11-13H2,1-4H3,(H2,21,22,23). The lowest BCUT2D eigenvalue weighted by Gasteiger charge is -2.24. The van der Waals surface area contributed by atoms with Gasteiger partial charge in [-0.1, -0.05) is 25.1 Å². The SMILES string of the molecule is CCNC(=NCc1ccccc1OC(F)F)NCCN(C)C(C)CC. The molecule has 5 nitrogen and oxygen atoms in total. The molecule has 0 heterocycles. The highest BCUT2D eigenvalue weighted by Crippen LogP contribution is 2.20. The van der Waals surface area contributed by atoms with E-state index in [1.54, 1.807) is 18.2 Å². The fourth-order valence-corrected chi connectivity index (χ4v) is 2.23. The lowest BCUT2D eigenvalue weighted by atomic mass is 10.2. The molecule has 142 valence electrons. The second kappa shape index (κ2) is 11.6. The van der Waals surface area contributed by atoms with E-state index in [2.05, 4.69) is 46.2 Å². The molecule has 0 aliphatic heterocycles. The predicted molar refractivity (Wildman–Crippen MR) is 98.3 cm³/mol. The number of aliphatic imine (C=N–C) groups is 1. The average molecular weight is 356 g/mol. The van der Waals surface area contributed by atoms with Crippen LogP contribution in [0.2, 0.25) is 0 Å². The zero-order valence-corrected chi connectivity index (χ0v) is 15.6. The summed E-state index contributed by atoms with van der Waals surface area (Å²) in [4.78, 5) is 6.74. The molecule has 0 aliphatic rings. The van der Waals surface area contributed by atoms with E-state index in [1.165, 1.54) is 6.07 Å². The number of hydrogen-bond donors (Lipinski definition) is 2. The molecule has 1 aromatic carbocycles. The van der Waals surface area contributed by atoms with Gasteiger partial charge in [-0.05, 0) is 33.4 Å². The van der Waals surface area contributed by atoms with Crippen LogP contribution in [0.25, 0.3) is 0 Å². The fourth-order valence-electron chi connectivity index (χ4n) is 2.23. The van der Waals surface area contributed by atoms with Gasteiger partial charge in [-0.2, -0.15) is 8.78 Å². The molecule has 0 bridgehead atoms. The zero-order chi connectivity index (χ0) is 18.7. The van der Waals surface area contributed by atoms with E-state index in [0.29, 0.717) is 17.6 Å². The van der Waals surface area contributed by atoms with Gasteiger partial charge in [0.1, 0.15) is 5.75 Å². The van der Waals surface area contributed by atoms with Gasteiger partial charge in [-0.25, -0.2) is 4.99 Å². The molecule has 1 rings (SSSR count). The molecule has 0 spiro atoms. The van der Waals surface area contributed by atoms with Gasteiger partial charge in [0.15, 0.2) is 5.96 Å². The highest BCUT2D eigenvalue weighted by Gasteiger charge is 2.09. The molecule has 1 atom stereocenters. The molecule has 1 unspecified atom stereocenters. The predicted octanol–water partition coefficient (Wildman–Crippen LogP) is 3.07. The molecule has 25 heavy (non-hydrogen) atoms. The molecule has 0 fully saturated rings. The van der Waals surface area contributed by atoms with Crippen LogP contribution >= 0.6 is 0 Å². The summed E-state index contributed by atoms with van der Waals surface area (Å²) in [6.07, 6.45) is 1.10. The van der Waals surface area contributed by atoms with Crippen molar-refractivity contribution in [2.24, 2.45) is 4.99 Å². The number of rotatable bonds is 10. The summed E-state index contributed by atoms with van der Waals surface area (Å²) in [7, 11) is 2.10. The quantitative estimate of drug-likeness (QED) is 0.500. The van der Waals surface area contributed by atoms with Crippen LogP contribution in [0.4, 0.5) is 8.78 Å². The van der Waals surface area contributed by atoms with Crippen LogP contribution in [0.3, 0.4) is 0 Å². The monoisotopic (exact) mass is 356 g/mol. The summed E-state index contributed by atoms with van der Waals surface area (Å²) in [5.41, 5.74) is 0.622. The minimum atomic E-state index is -2.84. The van der Waals surface area contributed by atoms with Gasteiger partial charge in [0.05, 0.1) is 6.54 Å². The fraction of sp³-hybridized carbons (Fsp3) is 0.611. The van der Waals surface area contributed by atoms with E-state index in [0.717, 1.165) is 26.1 Å². The van der Waals surface area contributed by atoms with Crippen LogP contribution in [0.5, 0.6) is 5.75 Å². The summed E-state index contributed by atoms with van der Waals surface area (Å²) in [6.45, 7) is 6.13. The number of nitrogens with zero attached hydrogens (tertiary/aromatic N) is 2. The third kappa shape index (κ3) is 8.16. The smallest absolute Gasteiger partial charge is 0.387 e. The van der Waals surface area contributed by atoms with Gasteiger partial charge in [-0.3, -0.25) is 0 Å². The molecule has 0 aliphatic carbocycles. The lowest BCUT2D eigenvalue weighted by Crippen LogP contribution is -2.42. The largest absolute Gasteiger partial charge is 0.434 e. The van der Waals surface area contributed by atoms with Crippen molar-refractivity contribution in [1.82, 2.24) is 15.5 Å². The zero-order valence-electron chi connectivity index (χ0n) is 15.6. The first-order chi connectivity index (χ1) is 12.0. The van der Waals surface area contributed by atoms with Crippen molar-refractivity contribution in [1.29, 1.82) is 0 Å². The maximum Gasteiger partial charge on any atom is 0.387 e. The van der Waals surface area contributed by atoms with Crippen molar-refractivity contribution in [3.05, 3.63) is 29.8 Å². The molecular weight excluding hydrogens is 326 g/mol. The maximum absolute atomic E-state index is 12.5. The third-order valence-corrected chi connectivity index (χ3v) is 4.04. The number of guanidine groups is 1. The number of ether oxygens (including phenoxy) is 1. The second-order valence-electron chi connectivity index (χ2n) is 5.85. The summed E-state index contributed by atoms with van der Waals surface area (Å²) >= 11 is 0. The van der Waals surface area contributed by atoms with Gasteiger partial charge in [0.25, 0.3) is 0 Å². The van der Waals surface area contributed by atoms with E-state index in [9.17, 15) is 8.78 Å². The number of alkyl halides is 2. The number of para-hydroxylation sites is 1. The number of likely N-dealkylation sites (N-methyl/N-ethyl adjacent to an activating group) is 1. The minimum absolute atomic E-state index is 0.161. The Morgan fingerprint density at radius 1 is 1.24 bits per heavy atom. The Bertz CT molecular complexity index is 526. The van der Waals surface area contributed by atoms with E-state index < -0.39 is 6.61 Å². The van der Waals surface area contributed by atoms with Gasteiger partial charge in [-0.15, -0.1) is 0 Å². The van der Waals surface area contributed by atoms with E-state index in [4.69, 9.17) is 0 Å². The maximum atomic E-state index is 12.5. The van der Waals surface area contributed by atoms with Crippen LogP contribution < -0.4 is 15.4 Å². The molecule has 2 N–H and O–H groups in total. The summed E-state index contributed by atoms with van der Waals surface area (Å²) in [6, 6.07) is 7.24. The van der Waals surface area contributed by atoms with E-state index in [-0.39, 0.29) is 12.3 Å². The first-order valence-electron chi connectivity index (χ1n) is 8.73. The van der Waals surface area contributed by atoms with E-state index in [1.807, 2.05) is 6.92 Å². The van der Waals surface area contributed by atoms with Crippen LogP contribution in [0.15, 0.2) is 29.3 Å². The van der Waals surface area contributed by atoms with Crippen molar-refractivity contribution in [3.63, 3.8) is 0 Å². The first kappa shape index (κ1) is 21.2. The van der Waals surface area contributed by atoms with E-state index >= 15 is 0 Å².